The van der Waals surface area contributed by atoms with Gasteiger partial charge in [0.2, 0.25) is 0 Å². The van der Waals surface area contributed by atoms with Gasteiger partial charge < -0.3 is 15.8 Å². The number of methoxy groups -OCH3 is 1. The molecule has 0 aliphatic rings. The van der Waals surface area contributed by atoms with E-state index in [1.807, 2.05) is 26.8 Å². The molecule has 3 N–H and O–H groups in total. The van der Waals surface area contributed by atoms with Crippen molar-refractivity contribution >= 4 is 27.8 Å². The van der Waals surface area contributed by atoms with Crippen molar-refractivity contribution in [1.29, 1.82) is 0 Å². The number of hydrogen-bond donors (Lipinski definition) is 2. The number of nitrogens with one attached hydrogen (secondary N) is 1. The maximum absolute atomic E-state index is 11.9. The molecule has 0 bridgehead atoms. The summed E-state index contributed by atoms with van der Waals surface area (Å²) in [6.45, 7) is 6.39. The second-order valence-electron chi connectivity index (χ2n) is 4.41. The van der Waals surface area contributed by atoms with Crippen LogP contribution in [0.15, 0.2) is 6.07 Å². The molecule has 0 amide bonds. The largest absolute Gasteiger partial charge is 0.397 e. The molecule has 0 fully saturated rings. The first-order chi connectivity index (χ1) is 7.95. The van der Waals surface area contributed by atoms with Gasteiger partial charge in [0.1, 0.15) is 0 Å². The summed E-state index contributed by atoms with van der Waals surface area (Å²) in [5, 5.41) is 4.17. The van der Waals surface area contributed by atoms with E-state index in [-0.39, 0.29) is 17.7 Å². The Morgan fingerprint density at radius 1 is 1.53 bits per heavy atom. The third kappa shape index (κ3) is 3.71. The molecule has 0 aliphatic carbocycles. The fourth-order valence-corrected chi connectivity index (χ4v) is 2.64. The van der Waals surface area contributed by atoms with Crippen LogP contribution in [0.25, 0.3) is 0 Å². The predicted molar refractivity (Wildman–Crippen MR) is 72.9 cm³/mol. The van der Waals surface area contributed by atoms with Crippen LogP contribution in [-0.2, 0) is 4.74 Å². The van der Waals surface area contributed by atoms with Crippen molar-refractivity contribution in [2.24, 2.45) is 5.92 Å². The highest BCUT2D eigenvalue weighted by Gasteiger charge is 2.17. The minimum atomic E-state index is -0.0276. The zero-order valence-corrected chi connectivity index (χ0v) is 11.6. The molecule has 0 saturated heterocycles. The lowest BCUT2D eigenvalue weighted by Crippen LogP contribution is -2.19. The highest BCUT2D eigenvalue weighted by molar-refractivity contribution is 7.18. The van der Waals surface area contributed by atoms with E-state index >= 15 is 0 Å². The summed E-state index contributed by atoms with van der Waals surface area (Å²) in [6, 6.07) is 2.01. The van der Waals surface area contributed by atoms with E-state index in [9.17, 15) is 4.79 Å². The van der Waals surface area contributed by atoms with Crippen molar-refractivity contribution in [2.45, 2.75) is 26.8 Å². The molecule has 4 nitrogen and oxygen atoms in total. The second-order valence-corrected chi connectivity index (χ2v) is 5.47. The van der Waals surface area contributed by atoms with Crippen LogP contribution in [0.4, 0.5) is 10.7 Å². The first-order valence-electron chi connectivity index (χ1n) is 5.64. The van der Waals surface area contributed by atoms with Gasteiger partial charge in [-0.3, -0.25) is 4.79 Å². The molecule has 1 heterocycles. The van der Waals surface area contributed by atoms with Crippen LogP contribution >= 0.6 is 11.3 Å². The molecule has 5 heteroatoms. The molecule has 1 rings (SSSR count). The van der Waals surface area contributed by atoms with Crippen LogP contribution in [0.5, 0.6) is 0 Å². The van der Waals surface area contributed by atoms with Crippen LogP contribution in [0.1, 0.15) is 30.4 Å². The normalized spacial score (nSPS) is 12.8. The summed E-state index contributed by atoms with van der Waals surface area (Å²) >= 11 is 1.41. The Hall–Kier alpha value is -1.07. The lowest BCUT2D eigenvalue weighted by Gasteiger charge is -2.11. The molecule has 0 radical (unpaired) electrons. The number of anilines is 2. The van der Waals surface area contributed by atoms with Crippen molar-refractivity contribution in [1.82, 2.24) is 0 Å². The Morgan fingerprint density at radius 2 is 2.18 bits per heavy atom. The van der Waals surface area contributed by atoms with Gasteiger partial charge in [-0.15, -0.1) is 11.3 Å². The van der Waals surface area contributed by atoms with E-state index in [1.165, 1.54) is 11.3 Å². The van der Waals surface area contributed by atoms with Crippen LogP contribution in [0.2, 0.25) is 0 Å². The van der Waals surface area contributed by atoms with Gasteiger partial charge in [-0.25, -0.2) is 0 Å². The molecule has 0 saturated carbocycles. The second kappa shape index (κ2) is 6.02. The summed E-state index contributed by atoms with van der Waals surface area (Å²) < 4.78 is 5.04. The number of hydrogen-bond acceptors (Lipinski definition) is 5. The molecule has 1 atom stereocenters. The fraction of sp³-hybridized carbons (Fsp3) is 0.583. The number of rotatable bonds is 6. The van der Waals surface area contributed by atoms with Crippen molar-refractivity contribution in [3.05, 3.63) is 10.9 Å². The highest BCUT2D eigenvalue weighted by Crippen LogP contribution is 2.31. The van der Waals surface area contributed by atoms with E-state index in [2.05, 4.69) is 5.32 Å². The number of nitrogens with two attached hydrogens (primary N) is 1. The number of carbonyl (C=O) groups excluding carboxylic acids is 1. The van der Waals surface area contributed by atoms with Crippen LogP contribution < -0.4 is 11.1 Å². The molecular formula is C12H20N2O2S. The molecule has 17 heavy (non-hydrogen) atoms. The van der Waals surface area contributed by atoms with Crippen molar-refractivity contribution in [3.8, 4) is 0 Å². The monoisotopic (exact) mass is 256 g/mol. The fourth-order valence-electron chi connectivity index (χ4n) is 1.47. The summed E-state index contributed by atoms with van der Waals surface area (Å²) in [5.41, 5.74) is 6.40. The quantitative estimate of drug-likeness (QED) is 0.768. The zero-order valence-electron chi connectivity index (χ0n) is 10.7. The zero-order chi connectivity index (χ0) is 13.0. The maximum Gasteiger partial charge on any atom is 0.177 e. The van der Waals surface area contributed by atoms with Gasteiger partial charge in [-0.05, 0) is 13.0 Å². The number of ketones is 1. The lowest BCUT2D eigenvalue weighted by atomic mass is 10.1. The minimum Gasteiger partial charge on any atom is -0.397 e. The first kappa shape index (κ1) is 14.0. The Balaban J connectivity index is 2.78. The van der Waals surface area contributed by atoms with E-state index in [4.69, 9.17) is 10.5 Å². The Morgan fingerprint density at radius 3 is 2.71 bits per heavy atom. The Bertz CT molecular complexity index is 388. The average Bonchev–Trinajstić information content (AvgIpc) is 2.58. The van der Waals surface area contributed by atoms with Crippen LogP contribution in [0.3, 0.4) is 0 Å². The number of Topliss-reactive ketones (excluding diaryl/α,β-unsaturated/α-hetero) is 1. The van der Waals surface area contributed by atoms with Crippen molar-refractivity contribution < 1.29 is 9.53 Å². The first-order valence-corrected chi connectivity index (χ1v) is 6.46. The Labute approximate surface area is 106 Å². The highest BCUT2D eigenvalue weighted by atomic mass is 32.1. The van der Waals surface area contributed by atoms with Crippen molar-refractivity contribution in [3.63, 3.8) is 0 Å². The molecule has 1 unspecified atom stereocenters. The van der Waals surface area contributed by atoms with E-state index in [1.54, 1.807) is 7.11 Å². The van der Waals surface area contributed by atoms with E-state index in [0.29, 0.717) is 17.2 Å². The average molecular weight is 256 g/mol. The van der Waals surface area contributed by atoms with Gasteiger partial charge >= 0.3 is 0 Å². The van der Waals surface area contributed by atoms with E-state index in [0.717, 1.165) is 5.00 Å². The standard InChI is InChI=1S/C12H20N2O2S/c1-7(2)11(15)12-9(13)5-10(17-12)14-8(3)6-16-4/h5,7-8,14H,6,13H2,1-4H3. The SMILES string of the molecule is COCC(C)Nc1cc(N)c(C(=O)C(C)C)s1. The molecule has 1 aromatic heterocycles. The third-order valence-electron chi connectivity index (χ3n) is 2.31. The van der Waals surface area contributed by atoms with Crippen LogP contribution in [-0.4, -0.2) is 25.5 Å². The Kier molecular flexibility index (Phi) is 4.96. The van der Waals surface area contributed by atoms with Gasteiger partial charge in [0, 0.05) is 19.1 Å². The van der Waals surface area contributed by atoms with Gasteiger partial charge in [-0.1, -0.05) is 13.8 Å². The van der Waals surface area contributed by atoms with Gasteiger partial charge in [0.15, 0.2) is 5.78 Å². The molecule has 0 aliphatic heterocycles. The molecule has 1 aromatic rings. The van der Waals surface area contributed by atoms with Gasteiger partial charge in [0.05, 0.1) is 22.2 Å². The van der Waals surface area contributed by atoms with Crippen molar-refractivity contribution in [2.75, 3.05) is 24.8 Å². The summed E-state index contributed by atoms with van der Waals surface area (Å²) in [7, 11) is 1.66. The maximum atomic E-state index is 11.9. The molecule has 0 aromatic carbocycles. The third-order valence-corrected chi connectivity index (χ3v) is 3.41. The summed E-state index contributed by atoms with van der Waals surface area (Å²) in [5.74, 6) is 0.0696. The van der Waals surface area contributed by atoms with E-state index < -0.39 is 0 Å². The predicted octanol–water partition coefficient (Wildman–Crippen LogP) is 2.62. The van der Waals surface area contributed by atoms with Crippen LogP contribution in [0, 0.1) is 5.92 Å². The van der Waals surface area contributed by atoms with Gasteiger partial charge in [-0.2, -0.15) is 0 Å². The molecular weight excluding hydrogens is 236 g/mol. The number of thiophene rings is 1. The number of nitrogen functional groups attached to an aromatic ring is 1. The summed E-state index contributed by atoms with van der Waals surface area (Å²) in [6.07, 6.45) is 0. The van der Waals surface area contributed by atoms with Gasteiger partial charge in [0.25, 0.3) is 0 Å². The number of carbonyl (C=O) groups is 1. The lowest BCUT2D eigenvalue weighted by molar-refractivity contribution is 0.0944. The smallest absolute Gasteiger partial charge is 0.177 e. The molecule has 96 valence electrons. The number of ether oxygens (including phenoxy) is 1. The topological polar surface area (TPSA) is 64.3 Å². The molecule has 0 spiro atoms. The summed E-state index contributed by atoms with van der Waals surface area (Å²) in [4.78, 5) is 12.5. The minimum absolute atomic E-state index is 0.0276.